The Bertz CT molecular complexity index is 1060. The first kappa shape index (κ1) is 15.7. The van der Waals surface area contributed by atoms with Gasteiger partial charge in [0.05, 0.1) is 16.3 Å². The predicted octanol–water partition coefficient (Wildman–Crippen LogP) is 4.50. The molecule has 0 unspecified atom stereocenters. The van der Waals surface area contributed by atoms with Gasteiger partial charge in [0.2, 0.25) is 4.96 Å². The van der Waals surface area contributed by atoms with Crippen molar-refractivity contribution in [2.24, 2.45) is 0 Å². The molecule has 8 heteroatoms. The average Bonchev–Trinajstić information content (AvgIpc) is 3.15. The fourth-order valence-electron chi connectivity index (χ4n) is 2.42. The molecule has 2 aromatic carbocycles. The number of anilines is 1. The van der Waals surface area contributed by atoms with Crippen LogP contribution in [0.3, 0.4) is 0 Å². The third kappa shape index (κ3) is 2.88. The van der Waals surface area contributed by atoms with Crippen molar-refractivity contribution in [3.8, 4) is 11.3 Å². The number of rotatable bonds is 3. The van der Waals surface area contributed by atoms with Crippen LogP contribution in [0.2, 0.25) is 5.02 Å². The molecule has 0 saturated carbocycles. The lowest BCUT2D eigenvalue weighted by Gasteiger charge is -2.04. The van der Waals surface area contributed by atoms with E-state index < -0.39 is 11.7 Å². The summed E-state index contributed by atoms with van der Waals surface area (Å²) < 4.78 is 15.5. The zero-order valence-electron chi connectivity index (χ0n) is 12.6. The van der Waals surface area contributed by atoms with Gasteiger partial charge >= 0.3 is 0 Å². The van der Waals surface area contributed by atoms with Crippen LogP contribution in [0, 0.1) is 5.82 Å². The molecule has 124 valence electrons. The van der Waals surface area contributed by atoms with Crippen molar-refractivity contribution in [3.63, 3.8) is 0 Å². The molecule has 1 amide bonds. The Hall–Kier alpha value is -2.77. The number of hydrogen-bond donors (Lipinski definition) is 1. The van der Waals surface area contributed by atoms with Crippen molar-refractivity contribution in [2.75, 3.05) is 5.32 Å². The zero-order chi connectivity index (χ0) is 17.4. The lowest BCUT2D eigenvalue weighted by atomic mass is 10.2. The first-order chi connectivity index (χ1) is 12.1. The molecule has 0 aliphatic rings. The van der Waals surface area contributed by atoms with Crippen molar-refractivity contribution >= 4 is 39.8 Å². The van der Waals surface area contributed by atoms with Gasteiger partial charge in [0.25, 0.3) is 11.9 Å². The van der Waals surface area contributed by atoms with Gasteiger partial charge in [-0.3, -0.25) is 10.1 Å². The zero-order valence-corrected chi connectivity index (χ0v) is 14.2. The van der Waals surface area contributed by atoms with Crippen LogP contribution >= 0.6 is 22.9 Å². The summed E-state index contributed by atoms with van der Waals surface area (Å²) in [6.07, 6.45) is 0. The van der Waals surface area contributed by atoms with Gasteiger partial charge in [-0.15, -0.1) is 16.4 Å². The van der Waals surface area contributed by atoms with Crippen molar-refractivity contribution < 1.29 is 9.18 Å². The van der Waals surface area contributed by atoms with Gasteiger partial charge in [-0.05, 0) is 12.1 Å². The van der Waals surface area contributed by atoms with Crippen molar-refractivity contribution in [1.29, 1.82) is 0 Å². The molecule has 0 radical (unpaired) electrons. The number of nitrogens with one attached hydrogen (secondary N) is 1. The van der Waals surface area contributed by atoms with Gasteiger partial charge in [-0.25, -0.2) is 8.91 Å². The molecule has 0 atom stereocenters. The largest absolute Gasteiger partial charge is 0.289 e. The topological polar surface area (TPSA) is 59.3 Å². The minimum absolute atomic E-state index is 0.0310. The average molecular weight is 373 g/mol. The van der Waals surface area contributed by atoms with E-state index in [1.807, 2.05) is 35.7 Å². The summed E-state index contributed by atoms with van der Waals surface area (Å²) in [4.78, 5) is 17.2. The van der Waals surface area contributed by atoms with E-state index in [0.717, 1.165) is 11.3 Å². The van der Waals surface area contributed by atoms with E-state index in [1.165, 1.54) is 29.5 Å². The van der Waals surface area contributed by atoms with Gasteiger partial charge in [0.1, 0.15) is 5.82 Å². The molecule has 0 aliphatic carbocycles. The van der Waals surface area contributed by atoms with Crippen LogP contribution in [-0.4, -0.2) is 20.5 Å². The summed E-state index contributed by atoms with van der Waals surface area (Å²) >= 11 is 7.31. The molecule has 5 nitrogen and oxygen atoms in total. The Kier molecular flexibility index (Phi) is 3.95. The number of benzene rings is 2. The third-order valence-corrected chi connectivity index (χ3v) is 4.70. The Morgan fingerprint density at radius 2 is 1.96 bits per heavy atom. The summed E-state index contributed by atoms with van der Waals surface area (Å²) in [6, 6.07) is 13.8. The van der Waals surface area contributed by atoms with Gasteiger partial charge in [-0.2, -0.15) is 4.98 Å². The number of aromatic nitrogens is 3. The molecule has 2 aromatic heterocycles. The second kappa shape index (κ2) is 6.27. The summed E-state index contributed by atoms with van der Waals surface area (Å²) in [5.41, 5.74) is 1.61. The molecule has 0 aliphatic heterocycles. The first-order valence-corrected chi connectivity index (χ1v) is 8.54. The van der Waals surface area contributed by atoms with Crippen LogP contribution in [0.5, 0.6) is 0 Å². The highest BCUT2D eigenvalue weighted by atomic mass is 35.5. The van der Waals surface area contributed by atoms with Crippen LogP contribution < -0.4 is 5.32 Å². The summed E-state index contributed by atoms with van der Waals surface area (Å²) in [5, 5.41) is 8.75. The number of fused-ring (bicyclic) bond motifs is 1. The highest BCUT2D eigenvalue weighted by molar-refractivity contribution is 7.15. The minimum atomic E-state index is -0.698. The Labute approximate surface area is 150 Å². The van der Waals surface area contributed by atoms with Crippen molar-refractivity contribution in [3.05, 3.63) is 70.3 Å². The van der Waals surface area contributed by atoms with E-state index in [4.69, 9.17) is 11.6 Å². The normalized spacial score (nSPS) is 11.0. The summed E-state index contributed by atoms with van der Waals surface area (Å²) in [5.74, 6) is -1.30. The number of halogens is 2. The number of thiazole rings is 1. The van der Waals surface area contributed by atoms with E-state index in [9.17, 15) is 9.18 Å². The third-order valence-electron chi connectivity index (χ3n) is 3.57. The van der Waals surface area contributed by atoms with Gasteiger partial charge in [0, 0.05) is 10.9 Å². The van der Waals surface area contributed by atoms with Gasteiger partial charge < -0.3 is 0 Å². The maximum Gasteiger partial charge on any atom is 0.262 e. The number of carbonyl (C=O) groups excluding carboxylic acids is 1. The fourth-order valence-corrected chi connectivity index (χ4v) is 3.50. The predicted molar refractivity (Wildman–Crippen MR) is 95.7 cm³/mol. The molecule has 0 spiro atoms. The second-order valence-corrected chi connectivity index (χ2v) is 6.41. The number of amides is 1. The highest BCUT2D eigenvalue weighted by Gasteiger charge is 2.18. The van der Waals surface area contributed by atoms with Crippen LogP contribution in [0.4, 0.5) is 10.3 Å². The van der Waals surface area contributed by atoms with E-state index in [2.05, 4.69) is 15.4 Å². The van der Waals surface area contributed by atoms with E-state index in [0.29, 0.717) is 4.96 Å². The molecule has 0 fully saturated rings. The molecule has 1 N–H and O–H groups in total. The summed E-state index contributed by atoms with van der Waals surface area (Å²) in [6.45, 7) is 0. The first-order valence-electron chi connectivity index (χ1n) is 7.28. The van der Waals surface area contributed by atoms with E-state index in [1.54, 1.807) is 4.52 Å². The van der Waals surface area contributed by atoms with Crippen molar-refractivity contribution in [1.82, 2.24) is 14.6 Å². The molecule has 0 bridgehead atoms. The lowest BCUT2D eigenvalue weighted by Crippen LogP contribution is -2.15. The molecular formula is C17H10ClFN4OS. The van der Waals surface area contributed by atoms with Crippen LogP contribution in [0.25, 0.3) is 16.2 Å². The highest BCUT2D eigenvalue weighted by Crippen LogP contribution is 2.26. The lowest BCUT2D eigenvalue weighted by molar-refractivity contribution is 0.102. The molecule has 0 saturated heterocycles. The standard InChI is InChI=1S/C17H10ClFN4OS/c18-11-7-4-8-12(19)14(11)15(24)20-16-21-17-23(22-16)13(9-25-17)10-5-2-1-3-6-10/h1-9H,(H,20,22,24). The van der Waals surface area contributed by atoms with Crippen LogP contribution in [-0.2, 0) is 0 Å². The maximum absolute atomic E-state index is 13.8. The molecule has 4 aromatic rings. The van der Waals surface area contributed by atoms with Gasteiger partial charge in [-0.1, -0.05) is 48.0 Å². The SMILES string of the molecule is O=C(Nc1nc2scc(-c3ccccc3)n2n1)c1c(F)cccc1Cl. The summed E-state index contributed by atoms with van der Waals surface area (Å²) in [7, 11) is 0. The smallest absolute Gasteiger partial charge is 0.262 e. The molecule has 25 heavy (non-hydrogen) atoms. The second-order valence-electron chi connectivity index (χ2n) is 5.17. The van der Waals surface area contributed by atoms with E-state index in [-0.39, 0.29) is 16.5 Å². The monoisotopic (exact) mass is 372 g/mol. The number of nitrogens with zero attached hydrogens (tertiary/aromatic N) is 3. The Morgan fingerprint density at radius 1 is 1.16 bits per heavy atom. The molecular weight excluding hydrogens is 363 g/mol. The molecule has 2 heterocycles. The maximum atomic E-state index is 13.8. The fraction of sp³-hybridized carbons (Fsp3) is 0. The van der Waals surface area contributed by atoms with E-state index >= 15 is 0 Å². The molecule has 4 rings (SSSR count). The quantitative estimate of drug-likeness (QED) is 0.576. The minimum Gasteiger partial charge on any atom is -0.289 e. The van der Waals surface area contributed by atoms with Gasteiger partial charge in [0.15, 0.2) is 0 Å². The Balaban J connectivity index is 1.67. The van der Waals surface area contributed by atoms with Crippen molar-refractivity contribution in [2.45, 2.75) is 0 Å². The number of hydrogen-bond acceptors (Lipinski definition) is 4. The number of carbonyl (C=O) groups is 1. The van der Waals surface area contributed by atoms with Crippen LogP contribution in [0.1, 0.15) is 10.4 Å². The Morgan fingerprint density at radius 3 is 2.72 bits per heavy atom. The van der Waals surface area contributed by atoms with Crippen LogP contribution in [0.15, 0.2) is 53.9 Å².